The zero-order chi connectivity index (χ0) is 19.4. The Labute approximate surface area is 162 Å². The fourth-order valence-corrected chi connectivity index (χ4v) is 3.08. The Morgan fingerprint density at radius 2 is 1.93 bits per heavy atom. The van der Waals surface area contributed by atoms with Crippen LogP contribution in [0.15, 0.2) is 36.5 Å². The molecule has 3 rings (SSSR count). The number of carbonyl (C=O) groups is 2. The largest absolute Gasteiger partial charge is 0.495 e. The van der Waals surface area contributed by atoms with Crippen LogP contribution in [-0.4, -0.2) is 55.0 Å². The van der Waals surface area contributed by atoms with Crippen molar-refractivity contribution in [2.24, 2.45) is 0 Å². The average molecular weight is 389 g/mol. The van der Waals surface area contributed by atoms with Crippen molar-refractivity contribution in [1.29, 1.82) is 0 Å². The number of carbonyl (C=O) groups excluding carboxylic acids is 2. The number of hydrogen-bond donors (Lipinski definition) is 1. The van der Waals surface area contributed by atoms with Crippen LogP contribution in [0.3, 0.4) is 0 Å². The van der Waals surface area contributed by atoms with Gasteiger partial charge < -0.3 is 19.9 Å². The number of benzene rings is 1. The number of rotatable bonds is 3. The van der Waals surface area contributed by atoms with Crippen LogP contribution in [0.5, 0.6) is 5.75 Å². The van der Waals surface area contributed by atoms with Crippen LogP contribution in [0.1, 0.15) is 5.56 Å². The van der Waals surface area contributed by atoms with Gasteiger partial charge in [0.2, 0.25) is 0 Å². The van der Waals surface area contributed by atoms with Gasteiger partial charge in [0, 0.05) is 43.5 Å². The number of aromatic nitrogens is 1. The minimum atomic E-state index is -0.693. The summed E-state index contributed by atoms with van der Waals surface area (Å²) in [6, 6.07) is 9.02. The molecule has 27 heavy (non-hydrogen) atoms. The fourth-order valence-electron chi connectivity index (χ4n) is 2.93. The Bertz CT molecular complexity index is 836. The number of methoxy groups -OCH3 is 1. The molecule has 1 aromatic carbocycles. The molecule has 8 heteroatoms. The number of hydrogen-bond acceptors (Lipinski definition) is 5. The molecule has 1 fully saturated rings. The van der Waals surface area contributed by atoms with Gasteiger partial charge in [-0.05, 0) is 30.7 Å². The minimum absolute atomic E-state index is 0.409. The monoisotopic (exact) mass is 388 g/mol. The summed E-state index contributed by atoms with van der Waals surface area (Å²) >= 11 is 6.07. The van der Waals surface area contributed by atoms with E-state index in [2.05, 4.69) is 15.2 Å². The lowest BCUT2D eigenvalue weighted by Gasteiger charge is -2.35. The van der Waals surface area contributed by atoms with Crippen molar-refractivity contribution in [1.82, 2.24) is 9.88 Å². The summed E-state index contributed by atoms with van der Waals surface area (Å²) in [5, 5.41) is 3.16. The van der Waals surface area contributed by atoms with Gasteiger partial charge in [-0.1, -0.05) is 17.7 Å². The van der Waals surface area contributed by atoms with Gasteiger partial charge in [0.25, 0.3) is 0 Å². The zero-order valence-corrected chi connectivity index (χ0v) is 16.0. The van der Waals surface area contributed by atoms with Gasteiger partial charge in [-0.25, -0.2) is 4.98 Å². The standard InChI is InChI=1S/C19H21ClN4O3/c1-13-11-15(16(27-2)12-14(13)20)22-18(25)19(26)24-9-7-23(8-10-24)17-5-3-4-6-21-17/h3-6,11-12H,7-10H2,1-2H3,(H,22,25). The molecule has 1 N–H and O–H groups in total. The summed E-state index contributed by atoms with van der Waals surface area (Å²) in [5.41, 5.74) is 1.20. The first-order valence-corrected chi connectivity index (χ1v) is 8.97. The van der Waals surface area contributed by atoms with Gasteiger partial charge in [0.1, 0.15) is 11.6 Å². The molecular weight excluding hydrogens is 368 g/mol. The van der Waals surface area contributed by atoms with Crippen LogP contribution in [0.4, 0.5) is 11.5 Å². The SMILES string of the molecule is COc1cc(Cl)c(C)cc1NC(=O)C(=O)N1CCN(c2ccccn2)CC1. The number of piperazine rings is 1. The van der Waals surface area contributed by atoms with Crippen molar-refractivity contribution in [2.75, 3.05) is 43.5 Å². The van der Waals surface area contributed by atoms with E-state index in [0.29, 0.717) is 42.6 Å². The third-order valence-electron chi connectivity index (χ3n) is 4.46. The molecule has 1 aliphatic heterocycles. The summed E-state index contributed by atoms with van der Waals surface area (Å²) in [6.45, 7) is 3.98. The van der Waals surface area contributed by atoms with Crippen LogP contribution in [0.2, 0.25) is 5.02 Å². The van der Waals surface area contributed by atoms with Crippen LogP contribution in [0.25, 0.3) is 0 Å². The van der Waals surface area contributed by atoms with E-state index >= 15 is 0 Å². The van der Waals surface area contributed by atoms with E-state index in [9.17, 15) is 9.59 Å². The lowest BCUT2D eigenvalue weighted by molar-refractivity contribution is -0.143. The summed E-state index contributed by atoms with van der Waals surface area (Å²) in [6.07, 6.45) is 1.74. The molecule has 0 bridgehead atoms. The number of nitrogens with one attached hydrogen (secondary N) is 1. The highest BCUT2D eigenvalue weighted by atomic mass is 35.5. The number of pyridine rings is 1. The van der Waals surface area contributed by atoms with Crippen molar-refractivity contribution in [3.05, 3.63) is 47.1 Å². The first-order chi connectivity index (χ1) is 13.0. The molecule has 0 spiro atoms. The first-order valence-electron chi connectivity index (χ1n) is 8.60. The highest BCUT2D eigenvalue weighted by molar-refractivity contribution is 6.39. The van der Waals surface area contributed by atoms with Crippen molar-refractivity contribution >= 4 is 34.9 Å². The van der Waals surface area contributed by atoms with Gasteiger partial charge in [-0.2, -0.15) is 0 Å². The Balaban J connectivity index is 1.62. The van der Waals surface area contributed by atoms with E-state index < -0.39 is 11.8 Å². The van der Waals surface area contributed by atoms with Gasteiger partial charge >= 0.3 is 11.8 Å². The molecule has 2 heterocycles. The summed E-state index contributed by atoms with van der Waals surface area (Å²) in [5.74, 6) is 0.0220. The van der Waals surface area contributed by atoms with Gasteiger partial charge in [-0.15, -0.1) is 0 Å². The molecule has 2 aromatic rings. The zero-order valence-electron chi connectivity index (χ0n) is 15.2. The van der Waals surface area contributed by atoms with E-state index in [1.807, 2.05) is 25.1 Å². The van der Waals surface area contributed by atoms with E-state index in [1.54, 1.807) is 23.2 Å². The van der Waals surface area contributed by atoms with Gasteiger partial charge in [-0.3, -0.25) is 9.59 Å². The molecular formula is C19H21ClN4O3. The summed E-state index contributed by atoms with van der Waals surface area (Å²) < 4.78 is 5.23. The van der Waals surface area contributed by atoms with Crippen molar-refractivity contribution in [3.8, 4) is 5.75 Å². The second-order valence-corrected chi connectivity index (χ2v) is 6.63. The molecule has 1 aliphatic rings. The van der Waals surface area contributed by atoms with Crippen LogP contribution < -0.4 is 15.0 Å². The number of halogens is 1. The third kappa shape index (κ3) is 4.31. The molecule has 0 aliphatic carbocycles. The summed E-state index contributed by atoms with van der Waals surface area (Å²) in [7, 11) is 1.48. The smallest absolute Gasteiger partial charge is 0.314 e. The van der Waals surface area contributed by atoms with Crippen molar-refractivity contribution < 1.29 is 14.3 Å². The van der Waals surface area contributed by atoms with Crippen LogP contribution in [0, 0.1) is 6.92 Å². The van der Waals surface area contributed by atoms with Gasteiger partial charge in [0.05, 0.1) is 12.8 Å². The predicted octanol–water partition coefficient (Wildman–Crippen LogP) is 2.34. The predicted molar refractivity (Wildman–Crippen MR) is 104 cm³/mol. The maximum absolute atomic E-state index is 12.5. The minimum Gasteiger partial charge on any atom is -0.495 e. The number of ether oxygens (including phenoxy) is 1. The van der Waals surface area contributed by atoms with E-state index in [0.717, 1.165) is 11.4 Å². The number of amides is 2. The second kappa shape index (κ2) is 8.26. The topological polar surface area (TPSA) is 74.8 Å². The maximum atomic E-state index is 12.5. The molecule has 0 radical (unpaired) electrons. The normalized spacial score (nSPS) is 14.0. The first kappa shape index (κ1) is 19.0. The lowest BCUT2D eigenvalue weighted by atomic mass is 10.2. The van der Waals surface area contributed by atoms with E-state index in [-0.39, 0.29) is 0 Å². The van der Waals surface area contributed by atoms with E-state index in [4.69, 9.17) is 16.3 Å². The molecule has 0 saturated carbocycles. The second-order valence-electron chi connectivity index (χ2n) is 6.22. The maximum Gasteiger partial charge on any atom is 0.314 e. The van der Waals surface area contributed by atoms with Gasteiger partial charge in [0.15, 0.2) is 0 Å². The number of nitrogens with zero attached hydrogens (tertiary/aromatic N) is 3. The third-order valence-corrected chi connectivity index (χ3v) is 4.87. The fraction of sp³-hybridized carbons (Fsp3) is 0.316. The Kier molecular flexibility index (Phi) is 5.81. The highest BCUT2D eigenvalue weighted by Crippen LogP contribution is 2.31. The quantitative estimate of drug-likeness (QED) is 0.817. The van der Waals surface area contributed by atoms with Crippen LogP contribution >= 0.6 is 11.6 Å². The highest BCUT2D eigenvalue weighted by Gasteiger charge is 2.27. The molecule has 7 nitrogen and oxygen atoms in total. The summed E-state index contributed by atoms with van der Waals surface area (Å²) in [4.78, 5) is 32.9. The van der Waals surface area contributed by atoms with Crippen molar-refractivity contribution in [3.63, 3.8) is 0 Å². The molecule has 0 atom stereocenters. The Morgan fingerprint density at radius 3 is 2.56 bits per heavy atom. The van der Waals surface area contributed by atoms with E-state index in [1.165, 1.54) is 7.11 Å². The molecule has 1 saturated heterocycles. The molecule has 142 valence electrons. The Morgan fingerprint density at radius 1 is 1.19 bits per heavy atom. The molecule has 0 unspecified atom stereocenters. The molecule has 1 aromatic heterocycles. The van der Waals surface area contributed by atoms with Crippen molar-refractivity contribution in [2.45, 2.75) is 6.92 Å². The number of anilines is 2. The van der Waals surface area contributed by atoms with Crippen LogP contribution in [-0.2, 0) is 9.59 Å². The lowest BCUT2D eigenvalue weighted by Crippen LogP contribution is -2.51. The average Bonchev–Trinajstić information content (AvgIpc) is 2.70. The number of aryl methyl sites for hydroxylation is 1. The molecule has 2 amide bonds. The Hall–Kier alpha value is -2.80.